The number of alkyl halides is 2. The van der Waals surface area contributed by atoms with Crippen LogP contribution in [0.3, 0.4) is 0 Å². The first-order valence-corrected chi connectivity index (χ1v) is 4.84. The molecule has 0 aromatic heterocycles. The van der Waals surface area contributed by atoms with Crippen molar-refractivity contribution in [3.05, 3.63) is 39.4 Å². The van der Waals surface area contributed by atoms with Crippen molar-refractivity contribution in [2.24, 2.45) is 0 Å². The molecule has 5 nitrogen and oxygen atoms in total. The summed E-state index contributed by atoms with van der Waals surface area (Å²) in [4.78, 5) is 9.94. The Bertz CT molecular complexity index is 617. The first-order valence-electron chi connectivity index (χ1n) is 4.84. The number of nitrogens with zero attached hydrogens (tertiary/aromatic N) is 2. The molecule has 1 heterocycles. The molecule has 0 spiro atoms. The summed E-state index contributed by atoms with van der Waals surface area (Å²) in [7, 11) is 0. The van der Waals surface area contributed by atoms with Crippen LogP contribution in [-0.2, 0) is 0 Å². The predicted octanol–water partition coefficient (Wildman–Crippen LogP) is 2.88. The molecule has 0 bridgehead atoms. The minimum absolute atomic E-state index is 0.00938. The Morgan fingerprint density at radius 2 is 2.17 bits per heavy atom. The number of ether oxygens (including phenoxy) is 1. The number of hydrogen-bond acceptors (Lipinski definition) is 4. The van der Waals surface area contributed by atoms with Crippen LogP contribution >= 0.6 is 0 Å². The highest BCUT2D eigenvalue weighted by atomic mass is 19.3. The van der Waals surface area contributed by atoms with E-state index in [9.17, 15) is 18.9 Å². The second-order valence-corrected chi connectivity index (χ2v) is 3.67. The molecule has 1 aliphatic heterocycles. The minimum Gasteiger partial charge on any atom is -0.428 e. The quantitative estimate of drug-likeness (QED) is 0.568. The van der Waals surface area contributed by atoms with Crippen LogP contribution < -0.4 is 4.74 Å². The van der Waals surface area contributed by atoms with E-state index in [1.165, 1.54) is 0 Å². The van der Waals surface area contributed by atoms with E-state index >= 15 is 0 Å². The van der Waals surface area contributed by atoms with Crippen LogP contribution in [-0.4, -0.2) is 11.0 Å². The number of nitriles is 1. The molecule has 0 aliphatic carbocycles. The van der Waals surface area contributed by atoms with Crippen LogP contribution in [0.2, 0.25) is 0 Å². The summed E-state index contributed by atoms with van der Waals surface area (Å²) in [5.41, 5.74) is -1.14. The molecule has 18 heavy (non-hydrogen) atoms. The predicted molar refractivity (Wildman–Crippen MR) is 56.9 cm³/mol. The third kappa shape index (κ3) is 1.68. The van der Waals surface area contributed by atoms with E-state index in [0.29, 0.717) is 0 Å². The average molecular weight is 252 g/mol. The summed E-state index contributed by atoms with van der Waals surface area (Å²) in [6, 6.07) is 4.78. The van der Waals surface area contributed by atoms with E-state index in [0.717, 1.165) is 25.1 Å². The van der Waals surface area contributed by atoms with E-state index in [4.69, 9.17) is 5.26 Å². The Kier molecular flexibility index (Phi) is 2.51. The van der Waals surface area contributed by atoms with Gasteiger partial charge < -0.3 is 4.74 Å². The smallest absolute Gasteiger partial charge is 0.423 e. The Hall–Kier alpha value is -2.49. The number of allylic oxidation sites excluding steroid dienone is 1. The second-order valence-electron chi connectivity index (χ2n) is 3.67. The van der Waals surface area contributed by atoms with E-state index < -0.39 is 16.6 Å². The van der Waals surface area contributed by atoms with Crippen LogP contribution in [0.1, 0.15) is 12.5 Å². The molecule has 0 saturated carbocycles. The van der Waals surface area contributed by atoms with Crippen molar-refractivity contribution in [2.45, 2.75) is 13.0 Å². The van der Waals surface area contributed by atoms with Gasteiger partial charge in [0.25, 0.3) is 5.69 Å². The lowest BCUT2D eigenvalue weighted by Crippen LogP contribution is -2.30. The molecule has 92 valence electrons. The van der Waals surface area contributed by atoms with Gasteiger partial charge in [-0.25, -0.2) is 0 Å². The zero-order chi connectivity index (χ0) is 13.5. The minimum atomic E-state index is -3.58. The van der Waals surface area contributed by atoms with Gasteiger partial charge in [0.15, 0.2) is 0 Å². The third-order valence-electron chi connectivity index (χ3n) is 2.60. The maximum atomic E-state index is 13.4. The molecule has 1 aromatic rings. The van der Waals surface area contributed by atoms with Crippen LogP contribution in [0.4, 0.5) is 14.5 Å². The lowest BCUT2D eigenvalue weighted by Gasteiger charge is -2.26. The van der Waals surface area contributed by atoms with Gasteiger partial charge >= 0.3 is 6.11 Å². The van der Waals surface area contributed by atoms with Gasteiger partial charge in [-0.1, -0.05) is 0 Å². The Morgan fingerprint density at radius 3 is 2.72 bits per heavy atom. The Labute approximate surface area is 100 Å². The highest BCUT2D eigenvalue weighted by Gasteiger charge is 2.42. The number of halogens is 2. The molecular weight excluding hydrogens is 246 g/mol. The summed E-state index contributed by atoms with van der Waals surface area (Å²) >= 11 is 0. The van der Waals surface area contributed by atoms with Crippen LogP contribution in [0.5, 0.6) is 5.75 Å². The summed E-state index contributed by atoms with van der Waals surface area (Å²) in [6.07, 6.45) is -3.58. The number of nitro benzene ring substituents is 1. The fraction of sp³-hybridized carbons (Fsp3) is 0.182. The normalized spacial score (nSPS) is 16.6. The van der Waals surface area contributed by atoms with Crippen LogP contribution in [0.15, 0.2) is 23.8 Å². The molecule has 2 rings (SSSR count). The largest absolute Gasteiger partial charge is 0.428 e. The summed E-state index contributed by atoms with van der Waals surface area (Å²) in [6.45, 7) is 1.06. The van der Waals surface area contributed by atoms with Crippen molar-refractivity contribution in [3.8, 4) is 11.8 Å². The lowest BCUT2D eigenvalue weighted by atomic mass is 9.97. The van der Waals surface area contributed by atoms with E-state index in [-0.39, 0.29) is 22.6 Å². The molecule has 0 saturated heterocycles. The van der Waals surface area contributed by atoms with Crippen molar-refractivity contribution in [2.75, 3.05) is 0 Å². The number of fused-ring (bicyclic) bond motifs is 1. The highest BCUT2D eigenvalue weighted by molar-refractivity contribution is 5.85. The molecule has 1 aliphatic rings. The van der Waals surface area contributed by atoms with Gasteiger partial charge in [-0.3, -0.25) is 10.1 Å². The summed E-state index contributed by atoms with van der Waals surface area (Å²) in [5.74, 6) is -0.243. The molecule has 0 amide bonds. The summed E-state index contributed by atoms with van der Waals surface area (Å²) in [5, 5.41) is 19.5. The molecule has 0 radical (unpaired) electrons. The average Bonchev–Trinajstić information content (AvgIpc) is 2.30. The fourth-order valence-corrected chi connectivity index (χ4v) is 1.62. The molecule has 0 atom stereocenters. The molecular formula is C11H6F2N2O3. The number of hydrogen-bond donors (Lipinski definition) is 0. The van der Waals surface area contributed by atoms with Gasteiger partial charge in [0, 0.05) is 17.7 Å². The van der Waals surface area contributed by atoms with Gasteiger partial charge in [0.05, 0.1) is 16.1 Å². The fourth-order valence-electron chi connectivity index (χ4n) is 1.62. The lowest BCUT2D eigenvalue weighted by molar-refractivity contribution is -0.384. The second kappa shape index (κ2) is 3.77. The molecule has 0 N–H and O–H groups in total. The topological polar surface area (TPSA) is 76.2 Å². The van der Waals surface area contributed by atoms with E-state index in [1.807, 2.05) is 0 Å². The maximum absolute atomic E-state index is 13.4. The Balaban J connectivity index is 2.70. The van der Waals surface area contributed by atoms with Gasteiger partial charge in [0.1, 0.15) is 11.8 Å². The van der Waals surface area contributed by atoms with Crippen molar-refractivity contribution >= 4 is 11.3 Å². The third-order valence-corrected chi connectivity index (χ3v) is 2.60. The van der Waals surface area contributed by atoms with E-state index in [1.54, 1.807) is 6.07 Å². The zero-order valence-electron chi connectivity index (χ0n) is 9.11. The number of non-ortho nitro benzene ring substituents is 1. The maximum Gasteiger partial charge on any atom is 0.423 e. The van der Waals surface area contributed by atoms with Crippen molar-refractivity contribution in [1.29, 1.82) is 5.26 Å². The van der Waals surface area contributed by atoms with Crippen molar-refractivity contribution in [3.63, 3.8) is 0 Å². The Morgan fingerprint density at radius 1 is 1.50 bits per heavy atom. The molecule has 1 aromatic carbocycles. The van der Waals surface area contributed by atoms with Gasteiger partial charge in [-0.15, -0.1) is 0 Å². The zero-order valence-corrected chi connectivity index (χ0v) is 9.11. The van der Waals surface area contributed by atoms with E-state index in [2.05, 4.69) is 4.74 Å². The number of benzene rings is 1. The summed E-state index contributed by atoms with van der Waals surface area (Å²) < 4.78 is 31.2. The highest BCUT2D eigenvalue weighted by Crippen LogP contribution is 2.43. The van der Waals surface area contributed by atoms with Gasteiger partial charge in [0.2, 0.25) is 0 Å². The van der Waals surface area contributed by atoms with Crippen LogP contribution in [0.25, 0.3) is 5.57 Å². The SMILES string of the molecule is CC1=C(C#N)c2cc([N+](=O)[O-])ccc2OC1(F)F. The van der Waals surface area contributed by atoms with Crippen molar-refractivity contribution < 1.29 is 18.4 Å². The molecule has 0 unspecified atom stereocenters. The monoisotopic (exact) mass is 252 g/mol. The molecule has 0 fully saturated rings. The first-order chi connectivity index (χ1) is 8.36. The number of rotatable bonds is 1. The van der Waals surface area contributed by atoms with Crippen molar-refractivity contribution in [1.82, 2.24) is 0 Å². The molecule has 7 heteroatoms. The number of nitro groups is 1. The first kappa shape index (κ1) is 12.0. The van der Waals surface area contributed by atoms with Gasteiger partial charge in [-0.2, -0.15) is 14.0 Å². The van der Waals surface area contributed by atoms with Crippen LogP contribution in [0, 0.1) is 21.4 Å². The standard InChI is InChI=1S/C11H6F2N2O3/c1-6-9(5-14)8-4-7(15(16)17)2-3-10(8)18-11(6,12)13/h2-4H,1H3. The van der Waals surface area contributed by atoms with Gasteiger partial charge in [-0.05, 0) is 13.0 Å².